The van der Waals surface area contributed by atoms with Gasteiger partial charge in [-0.3, -0.25) is 0 Å². The number of nitrogens with one attached hydrogen (secondary N) is 1. The first-order valence-corrected chi connectivity index (χ1v) is 6.52. The lowest BCUT2D eigenvalue weighted by atomic mass is 10.2. The third kappa shape index (κ3) is 4.32. The summed E-state index contributed by atoms with van der Waals surface area (Å²) in [6, 6.07) is 4.01. The van der Waals surface area contributed by atoms with Crippen molar-refractivity contribution in [1.82, 2.24) is 4.90 Å². The number of anilines is 1. The van der Waals surface area contributed by atoms with E-state index in [4.69, 9.17) is 11.6 Å². The second-order valence-electron chi connectivity index (χ2n) is 4.16. The second-order valence-corrected chi connectivity index (χ2v) is 5.43. The fraction of sp³-hybridized carbons (Fsp3) is 0.500. The molecule has 0 aliphatic heterocycles. The molecule has 0 aliphatic rings. The van der Waals surface area contributed by atoms with Crippen molar-refractivity contribution in [3.8, 4) is 0 Å². The molecule has 0 aliphatic carbocycles. The average Bonchev–Trinajstić information content (AvgIpc) is 2.19. The quantitative estimate of drug-likeness (QED) is 0.833. The minimum absolute atomic E-state index is 0.804. The van der Waals surface area contributed by atoms with Gasteiger partial charge in [-0.25, -0.2) is 0 Å². The van der Waals surface area contributed by atoms with Gasteiger partial charge in [0, 0.05) is 21.7 Å². The molecule has 0 radical (unpaired) electrons. The van der Waals surface area contributed by atoms with E-state index in [2.05, 4.69) is 40.2 Å². The van der Waals surface area contributed by atoms with Crippen molar-refractivity contribution in [2.24, 2.45) is 0 Å². The maximum absolute atomic E-state index is 6.08. The summed E-state index contributed by atoms with van der Waals surface area (Å²) in [6.07, 6.45) is 1.12. The van der Waals surface area contributed by atoms with Crippen molar-refractivity contribution in [3.63, 3.8) is 0 Å². The first-order valence-electron chi connectivity index (χ1n) is 5.35. The van der Waals surface area contributed by atoms with Gasteiger partial charge >= 0.3 is 0 Å². The molecule has 1 rings (SSSR count). The number of hydrogen-bond acceptors (Lipinski definition) is 2. The molecule has 0 aromatic heterocycles. The standard InChI is InChI=1S/C12H18BrClN2/c1-9-7-10(13)12(8-11(9)14)15-5-4-6-16(2)3/h7-8,15H,4-6H2,1-3H3. The average molecular weight is 306 g/mol. The van der Waals surface area contributed by atoms with Crippen LogP contribution in [-0.2, 0) is 0 Å². The van der Waals surface area contributed by atoms with E-state index in [1.807, 2.05) is 19.1 Å². The smallest absolute Gasteiger partial charge is 0.0499 e. The molecule has 0 spiro atoms. The van der Waals surface area contributed by atoms with Crippen LogP contribution in [0.1, 0.15) is 12.0 Å². The molecule has 0 atom stereocenters. The Balaban J connectivity index is 2.51. The fourth-order valence-corrected chi connectivity index (χ4v) is 2.16. The predicted octanol–water partition coefficient (Wildman–Crippen LogP) is 3.77. The molecule has 0 amide bonds. The van der Waals surface area contributed by atoms with Gasteiger partial charge in [0.2, 0.25) is 0 Å². The Morgan fingerprint density at radius 2 is 2.06 bits per heavy atom. The van der Waals surface area contributed by atoms with Crippen LogP contribution in [0.4, 0.5) is 5.69 Å². The molecule has 1 aromatic rings. The molecule has 0 saturated heterocycles. The van der Waals surface area contributed by atoms with E-state index >= 15 is 0 Å². The van der Waals surface area contributed by atoms with Crippen molar-refractivity contribution in [2.75, 3.05) is 32.5 Å². The van der Waals surface area contributed by atoms with Crippen LogP contribution in [0.3, 0.4) is 0 Å². The second kappa shape index (κ2) is 6.48. The molecule has 0 bridgehead atoms. The van der Waals surface area contributed by atoms with Crippen LogP contribution >= 0.6 is 27.5 Å². The van der Waals surface area contributed by atoms with Crippen molar-refractivity contribution in [3.05, 3.63) is 27.2 Å². The summed E-state index contributed by atoms with van der Waals surface area (Å²) in [5.74, 6) is 0. The highest BCUT2D eigenvalue weighted by atomic mass is 79.9. The van der Waals surface area contributed by atoms with Gasteiger partial charge in [-0.2, -0.15) is 0 Å². The molecule has 90 valence electrons. The monoisotopic (exact) mass is 304 g/mol. The summed E-state index contributed by atoms with van der Waals surface area (Å²) in [6.45, 7) is 4.04. The Morgan fingerprint density at radius 3 is 2.69 bits per heavy atom. The maximum atomic E-state index is 6.08. The fourth-order valence-electron chi connectivity index (χ4n) is 1.40. The van der Waals surface area contributed by atoms with E-state index in [1.54, 1.807) is 0 Å². The zero-order valence-electron chi connectivity index (χ0n) is 9.98. The highest BCUT2D eigenvalue weighted by Crippen LogP contribution is 2.28. The van der Waals surface area contributed by atoms with Gasteiger partial charge in [-0.05, 0) is 67.6 Å². The number of halogens is 2. The number of hydrogen-bond donors (Lipinski definition) is 1. The lowest BCUT2D eigenvalue weighted by molar-refractivity contribution is 0.405. The first kappa shape index (κ1) is 13.8. The van der Waals surface area contributed by atoms with Crippen LogP contribution in [-0.4, -0.2) is 32.1 Å². The maximum Gasteiger partial charge on any atom is 0.0499 e. The van der Waals surface area contributed by atoms with Crippen molar-refractivity contribution in [1.29, 1.82) is 0 Å². The van der Waals surface area contributed by atoms with Crippen LogP contribution < -0.4 is 5.32 Å². The van der Waals surface area contributed by atoms with E-state index < -0.39 is 0 Å². The van der Waals surface area contributed by atoms with Crippen molar-refractivity contribution >= 4 is 33.2 Å². The highest BCUT2D eigenvalue weighted by molar-refractivity contribution is 9.10. The van der Waals surface area contributed by atoms with Crippen LogP contribution in [0.5, 0.6) is 0 Å². The minimum atomic E-state index is 0.804. The largest absolute Gasteiger partial charge is 0.384 e. The Morgan fingerprint density at radius 1 is 1.38 bits per heavy atom. The zero-order valence-corrected chi connectivity index (χ0v) is 12.3. The molecule has 4 heteroatoms. The third-order valence-electron chi connectivity index (χ3n) is 2.35. The number of benzene rings is 1. The Bertz CT molecular complexity index is 353. The van der Waals surface area contributed by atoms with Crippen LogP contribution in [0.25, 0.3) is 0 Å². The van der Waals surface area contributed by atoms with E-state index in [0.717, 1.165) is 40.3 Å². The number of nitrogens with zero attached hydrogens (tertiary/aromatic N) is 1. The van der Waals surface area contributed by atoms with Crippen molar-refractivity contribution in [2.45, 2.75) is 13.3 Å². The molecule has 0 fully saturated rings. The van der Waals surface area contributed by atoms with E-state index in [0.29, 0.717) is 0 Å². The summed E-state index contributed by atoms with van der Waals surface area (Å²) in [4.78, 5) is 2.18. The Labute approximate surface area is 111 Å². The van der Waals surface area contributed by atoms with Crippen LogP contribution in [0.15, 0.2) is 16.6 Å². The topological polar surface area (TPSA) is 15.3 Å². The summed E-state index contributed by atoms with van der Waals surface area (Å²) in [7, 11) is 4.16. The molecule has 0 unspecified atom stereocenters. The summed E-state index contributed by atoms with van der Waals surface area (Å²) < 4.78 is 1.07. The predicted molar refractivity (Wildman–Crippen MR) is 75.5 cm³/mol. The van der Waals surface area contributed by atoms with Gasteiger partial charge in [0.15, 0.2) is 0 Å². The Hall–Kier alpha value is -0.250. The molecular formula is C12H18BrClN2. The lowest BCUT2D eigenvalue weighted by Crippen LogP contribution is -2.16. The molecule has 1 N–H and O–H groups in total. The minimum Gasteiger partial charge on any atom is -0.384 e. The van der Waals surface area contributed by atoms with E-state index in [1.165, 1.54) is 0 Å². The molecule has 1 aromatic carbocycles. The van der Waals surface area contributed by atoms with Gasteiger partial charge in [0.25, 0.3) is 0 Å². The van der Waals surface area contributed by atoms with Gasteiger partial charge in [-0.1, -0.05) is 11.6 Å². The van der Waals surface area contributed by atoms with E-state index in [9.17, 15) is 0 Å². The molecule has 2 nitrogen and oxygen atoms in total. The summed E-state index contributed by atoms with van der Waals surface area (Å²) >= 11 is 9.61. The normalized spacial score (nSPS) is 10.9. The first-order chi connectivity index (χ1) is 7.50. The molecule has 16 heavy (non-hydrogen) atoms. The molecular weight excluding hydrogens is 288 g/mol. The van der Waals surface area contributed by atoms with Gasteiger partial charge in [-0.15, -0.1) is 0 Å². The lowest BCUT2D eigenvalue weighted by Gasteiger charge is -2.12. The van der Waals surface area contributed by atoms with Crippen molar-refractivity contribution < 1.29 is 0 Å². The van der Waals surface area contributed by atoms with Gasteiger partial charge in [0.1, 0.15) is 0 Å². The third-order valence-corrected chi connectivity index (χ3v) is 3.41. The van der Waals surface area contributed by atoms with Gasteiger partial charge < -0.3 is 10.2 Å². The zero-order chi connectivity index (χ0) is 12.1. The van der Waals surface area contributed by atoms with Gasteiger partial charge in [0.05, 0.1) is 0 Å². The SMILES string of the molecule is Cc1cc(Br)c(NCCCN(C)C)cc1Cl. The number of rotatable bonds is 5. The van der Waals surface area contributed by atoms with E-state index in [-0.39, 0.29) is 0 Å². The highest BCUT2D eigenvalue weighted by Gasteiger charge is 2.03. The molecule has 0 heterocycles. The Kier molecular flexibility index (Phi) is 5.59. The summed E-state index contributed by atoms with van der Waals surface area (Å²) in [5.41, 5.74) is 2.15. The van der Waals surface area contributed by atoms with Crippen LogP contribution in [0, 0.1) is 6.92 Å². The summed E-state index contributed by atoms with van der Waals surface area (Å²) in [5, 5.41) is 4.18. The number of aryl methyl sites for hydroxylation is 1. The molecule has 0 saturated carbocycles. The van der Waals surface area contributed by atoms with Crippen LogP contribution in [0.2, 0.25) is 5.02 Å².